The number of hydrogen-bond donors (Lipinski definition) is 2. The average Bonchev–Trinajstić information content (AvgIpc) is 2.52. The fraction of sp³-hybridized carbons (Fsp3) is 0.286. The van der Waals surface area contributed by atoms with Gasteiger partial charge in [0, 0.05) is 11.4 Å². The predicted molar refractivity (Wildman–Crippen MR) is 100 cm³/mol. The lowest BCUT2D eigenvalue weighted by molar-refractivity contribution is 0.0697. The smallest absolute Gasteiger partial charge is 0.335 e. The second kappa shape index (κ2) is 7.82. The van der Waals surface area contributed by atoms with Crippen LogP contribution in [0.25, 0.3) is 0 Å². The van der Waals surface area contributed by atoms with Gasteiger partial charge in [0.2, 0.25) is 0 Å². The number of aromatic carboxylic acids is 1. The third-order valence-corrected chi connectivity index (χ3v) is 4.36. The molecule has 0 aliphatic heterocycles. The van der Waals surface area contributed by atoms with Gasteiger partial charge in [-0.2, -0.15) is 0 Å². The second-order valence-corrected chi connectivity index (χ2v) is 6.35. The highest BCUT2D eigenvalue weighted by molar-refractivity contribution is 5.88. The summed E-state index contributed by atoms with van der Waals surface area (Å²) in [5, 5.41) is 12.1. The highest BCUT2D eigenvalue weighted by Gasteiger charge is 2.10. The standard InChI is InChI=1S/C21H25NO2/c1-14(13-19-7-5-6-15(2)17(19)4)12-16(3)22-20-10-8-18(9-11-20)21(23)24/h8-13,22H,3,5-7H2,1-2,4H3,(H,23,24)/b14-12+,19-13+. The maximum atomic E-state index is 10.9. The molecule has 24 heavy (non-hydrogen) atoms. The molecule has 0 heterocycles. The minimum absolute atomic E-state index is 0.276. The molecule has 0 radical (unpaired) electrons. The number of nitrogens with one attached hydrogen (secondary N) is 1. The van der Waals surface area contributed by atoms with Crippen molar-refractivity contribution < 1.29 is 9.90 Å². The molecule has 0 aromatic heterocycles. The molecule has 0 bridgehead atoms. The Kier molecular flexibility index (Phi) is 5.80. The van der Waals surface area contributed by atoms with Crippen molar-refractivity contribution in [2.45, 2.75) is 40.0 Å². The van der Waals surface area contributed by atoms with E-state index < -0.39 is 5.97 Å². The van der Waals surface area contributed by atoms with Crippen LogP contribution >= 0.6 is 0 Å². The first-order valence-electron chi connectivity index (χ1n) is 8.21. The van der Waals surface area contributed by atoms with Gasteiger partial charge in [-0.3, -0.25) is 0 Å². The van der Waals surface area contributed by atoms with E-state index in [1.54, 1.807) is 24.3 Å². The summed E-state index contributed by atoms with van der Waals surface area (Å²) in [6.07, 6.45) is 7.79. The van der Waals surface area contributed by atoms with Crippen LogP contribution in [0.4, 0.5) is 5.69 Å². The van der Waals surface area contributed by atoms with Gasteiger partial charge in [-0.15, -0.1) is 0 Å². The van der Waals surface area contributed by atoms with Crippen LogP contribution in [0.2, 0.25) is 0 Å². The van der Waals surface area contributed by atoms with E-state index in [2.05, 4.69) is 38.7 Å². The Morgan fingerprint density at radius 1 is 1.21 bits per heavy atom. The van der Waals surface area contributed by atoms with E-state index in [0.717, 1.165) is 23.4 Å². The van der Waals surface area contributed by atoms with Gasteiger partial charge in [0.1, 0.15) is 0 Å². The van der Waals surface area contributed by atoms with E-state index >= 15 is 0 Å². The maximum Gasteiger partial charge on any atom is 0.335 e. The third kappa shape index (κ3) is 4.72. The first kappa shape index (κ1) is 17.8. The SMILES string of the molecule is C=C(/C=C(C)/C=C1\CCCC(C)=C1C)Nc1ccc(C(=O)O)cc1. The van der Waals surface area contributed by atoms with Crippen molar-refractivity contribution in [2.24, 2.45) is 0 Å². The molecule has 0 unspecified atom stereocenters. The van der Waals surface area contributed by atoms with Gasteiger partial charge in [0.05, 0.1) is 5.56 Å². The number of carboxylic acid groups (broad SMARTS) is 1. The largest absolute Gasteiger partial charge is 0.478 e. The minimum atomic E-state index is -0.922. The zero-order valence-corrected chi connectivity index (χ0v) is 14.6. The van der Waals surface area contributed by atoms with Crippen molar-refractivity contribution in [1.29, 1.82) is 0 Å². The maximum absolute atomic E-state index is 10.9. The van der Waals surface area contributed by atoms with E-state index in [-0.39, 0.29) is 5.56 Å². The summed E-state index contributed by atoms with van der Waals surface area (Å²) in [6.45, 7) is 10.5. The molecule has 0 fully saturated rings. The van der Waals surface area contributed by atoms with Crippen LogP contribution in [0, 0.1) is 0 Å². The zero-order valence-electron chi connectivity index (χ0n) is 14.6. The van der Waals surface area contributed by atoms with Crippen LogP contribution < -0.4 is 5.32 Å². The van der Waals surface area contributed by atoms with Gasteiger partial charge in [-0.1, -0.05) is 18.2 Å². The van der Waals surface area contributed by atoms with Crippen LogP contribution in [-0.4, -0.2) is 11.1 Å². The van der Waals surface area contributed by atoms with E-state index in [0.29, 0.717) is 0 Å². The molecule has 2 N–H and O–H groups in total. The lowest BCUT2D eigenvalue weighted by Gasteiger charge is -2.18. The predicted octanol–water partition coefficient (Wildman–Crippen LogP) is 5.70. The van der Waals surface area contributed by atoms with E-state index in [4.69, 9.17) is 5.11 Å². The van der Waals surface area contributed by atoms with Crippen LogP contribution in [0.3, 0.4) is 0 Å². The number of benzene rings is 1. The van der Waals surface area contributed by atoms with Gasteiger partial charge < -0.3 is 10.4 Å². The number of allylic oxidation sites excluding steroid dienone is 6. The normalized spacial score (nSPS) is 17.1. The highest BCUT2D eigenvalue weighted by Crippen LogP contribution is 2.29. The van der Waals surface area contributed by atoms with E-state index in [1.165, 1.54) is 29.6 Å². The summed E-state index contributed by atoms with van der Waals surface area (Å²) in [4.78, 5) is 10.9. The zero-order chi connectivity index (χ0) is 17.7. The first-order valence-corrected chi connectivity index (χ1v) is 8.21. The van der Waals surface area contributed by atoms with Crippen LogP contribution in [-0.2, 0) is 0 Å². The van der Waals surface area contributed by atoms with Crippen molar-refractivity contribution >= 4 is 11.7 Å². The number of carboxylic acids is 1. The lowest BCUT2D eigenvalue weighted by atomic mass is 9.88. The molecular formula is C21H25NO2. The Bertz CT molecular complexity index is 734. The lowest BCUT2D eigenvalue weighted by Crippen LogP contribution is -2.00. The molecular weight excluding hydrogens is 298 g/mol. The molecule has 0 amide bonds. The molecule has 0 saturated heterocycles. The van der Waals surface area contributed by atoms with Crippen LogP contribution in [0.5, 0.6) is 0 Å². The Balaban J connectivity index is 2.06. The van der Waals surface area contributed by atoms with Gasteiger partial charge >= 0.3 is 5.97 Å². The molecule has 0 saturated carbocycles. The van der Waals surface area contributed by atoms with Crippen molar-refractivity contribution in [3.63, 3.8) is 0 Å². The number of carbonyl (C=O) groups is 1. The van der Waals surface area contributed by atoms with Crippen molar-refractivity contribution in [1.82, 2.24) is 0 Å². The average molecular weight is 323 g/mol. The van der Waals surface area contributed by atoms with Crippen molar-refractivity contribution in [3.8, 4) is 0 Å². The van der Waals surface area contributed by atoms with E-state index in [9.17, 15) is 4.79 Å². The third-order valence-electron chi connectivity index (χ3n) is 4.36. The minimum Gasteiger partial charge on any atom is -0.478 e. The molecule has 3 nitrogen and oxygen atoms in total. The monoisotopic (exact) mass is 323 g/mol. The molecule has 0 atom stereocenters. The van der Waals surface area contributed by atoms with E-state index in [1.807, 2.05) is 6.08 Å². The molecule has 1 aliphatic rings. The first-order chi connectivity index (χ1) is 11.4. The number of anilines is 1. The van der Waals surface area contributed by atoms with Gasteiger partial charge in [0.15, 0.2) is 0 Å². The van der Waals surface area contributed by atoms with Gasteiger partial charge in [0.25, 0.3) is 0 Å². The summed E-state index contributed by atoms with van der Waals surface area (Å²) in [5.74, 6) is -0.922. The molecule has 126 valence electrons. The fourth-order valence-electron chi connectivity index (χ4n) is 2.88. The van der Waals surface area contributed by atoms with Crippen molar-refractivity contribution in [2.75, 3.05) is 5.32 Å². The van der Waals surface area contributed by atoms with Crippen LogP contribution in [0.1, 0.15) is 50.4 Å². The summed E-state index contributed by atoms with van der Waals surface area (Å²) in [7, 11) is 0. The molecule has 1 aromatic carbocycles. The molecule has 1 aromatic rings. The summed E-state index contributed by atoms with van der Waals surface area (Å²) >= 11 is 0. The topological polar surface area (TPSA) is 49.3 Å². The van der Waals surface area contributed by atoms with Gasteiger partial charge in [-0.05, 0) is 87.1 Å². The summed E-state index contributed by atoms with van der Waals surface area (Å²) in [5.41, 5.74) is 7.34. The summed E-state index contributed by atoms with van der Waals surface area (Å²) in [6, 6.07) is 6.65. The molecule has 0 spiro atoms. The highest BCUT2D eigenvalue weighted by atomic mass is 16.4. The van der Waals surface area contributed by atoms with Crippen molar-refractivity contribution in [3.05, 3.63) is 76.5 Å². The molecule has 2 rings (SSSR count). The second-order valence-electron chi connectivity index (χ2n) is 6.35. The Morgan fingerprint density at radius 2 is 1.88 bits per heavy atom. The number of hydrogen-bond acceptors (Lipinski definition) is 2. The molecule has 3 heteroatoms. The Hall–Kier alpha value is -2.55. The quantitative estimate of drug-likeness (QED) is 0.683. The van der Waals surface area contributed by atoms with Gasteiger partial charge in [-0.25, -0.2) is 4.79 Å². The summed E-state index contributed by atoms with van der Waals surface area (Å²) < 4.78 is 0. The Labute approximate surface area is 144 Å². The number of rotatable bonds is 5. The fourth-order valence-corrected chi connectivity index (χ4v) is 2.88. The molecule has 1 aliphatic carbocycles. The Morgan fingerprint density at radius 3 is 2.50 bits per heavy atom. The van der Waals surface area contributed by atoms with Crippen LogP contribution in [0.15, 0.2) is 71.0 Å².